The quantitative estimate of drug-likeness (QED) is 0.797. The van der Waals surface area contributed by atoms with Crippen LogP contribution in [0.5, 0.6) is 0 Å². The summed E-state index contributed by atoms with van der Waals surface area (Å²) < 4.78 is 0. The highest BCUT2D eigenvalue weighted by molar-refractivity contribution is 6.13. The van der Waals surface area contributed by atoms with Crippen molar-refractivity contribution in [3.05, 3.63) is 60.2 Å². The zero-order valence-corrected chi connectivity index (χ0v) is 14.6. The van der Waals surface area contributed by atoms with E-state index in [2.05, 4.69) is 10.6 Å². The van der Waals surface area contributed by atoms with Crippen LogP contribution in [0.4, 0.5) is 11.4 Å². The monoisotopic (exact) mass is 337 g/mol. The third-order valence-corrected chi connectivity index (χ3v) is 4.56. The highest BCUT2D eigenvalue weighted by atomic mass is 16.2. The number of rotatable bonds is 6. The molecule has 130 valence electrons. The SMILES string of the molecule is CN(C)c1ccc(NC(=O)C2(C(=O)NCc3ccccc3)CC2)cc1. The average Bonchev–Trinajstić information content (AvgIpc) is 3.43. The zero-order chi connectivity index (χ0) is 17.9. The molecule has 5 nitrogen and oxygen atoms in total. The molecule has 1 aliphatic rings. The summed E-state index contributed by atoms with van der Waals surface area (Å²) in [4.78, 5) is 27.1. The number of nitrogens with one attached hydrogen (secondary N) is 2. The van der Waals surface area contributed by atoms with Crippen molar-refractivity contribution >= 4 is 23.2 Å². The van der Waals surface area contributed by atoms with Gasteiger partial charge in [0.05, 0.1) is 0 Å². The minimum Gasteiger partial charge on any atom is -0.378 e. The molecular weight excluding hydrogens is 314 g/mol. The molecule has 2 aromatic carbocycles. The van der Waals surface area contributed by atoms with Crippen LogP contribution in [-0.4, -0.2) is 25.9 Å². The van der Waals surface area contributed by atoms with Gasteiger partial charge in [0.25, 0.3) is 0 Å². The van der Waals surface area contributed by atoms with Crippen LogP contribution in [0.25, 0.3) is 0 Å². The molecule has 3 rings (SSSR count). The van der Waals surface area contributed by atoms with Crippen molar-refractivity contribution in [1.29, 1.82) is 0 Å². The van der Waals surface area contributed by atoms with E-state index in [1.807, 2.05) is 73.6 Å². The van der Waals surface area contributed by atoms with E-state index in [4.69, 9.17) is 0 Å². The molecule has 0 saturated heterocycles. The molecule has 0 spiro atoms. The van der Waals surface area contributed by atoms with Gasteiger partial charge >= 0.3 is 0 Å². The molecule has 0 aliphatic heterocycles. The second kappa shape index (κ2) is 6.97. The lowest BCUT2D eigenvalue weighted by Crippen LogP contribution is -2.39. The number of anilines is 2. The van der Waals surface area contributed by atoms with Gasteiger partial charge in [0.2, 0.25) is 11.8 Å². The van der Waals surface area contributed by atoms with Crippen molar-refractivity contribution in [2.75, 3.05) is 24.3 Å². The number of benzene rings is 2. The van der Waals surface area contributed by atoms with E-state index in [9.17, 15) is 9.59 Å². The van der Waals surface area contributed by atoms with E-state index >= 15 is 0 Å². The maximum atomic E-state index is 12.6. The Balaban J connectivity index is 1.59. The van der Waals surface area contributed by atoms with Crippen LogP contribution in [-0.2, 0) is 16.1 Å². The first-order valence-electron chi connectivity index (χ1n) is 8.42. The van der Waals surface area contributed by atoms with Gasteiger partial charge in [-0.15, -0.1) is 0 Å². The van der Waals surface area contributed by atoms with Gasteiger partial charge in [-0.2, -0.15) is 0 Å². The molecule has 0 unspecified atom stereocenters. The Kier molecular flexibility index (Phi) is 4.74. The zero-order valence-electron chi connectivity index (χ0n) is 14.6. The molecule has 1 saturated carbocycles. The largest absolute Gasteiger partial charge is 0.378 e. The molecule has 0 radical (unpaired) electrons. The Hall–Kier alpha value is -2.82. The first kappa shape index (κ1) is 17.0. The average molecular weight is 337 g/mol. The third kappa shape index (κ3) is 3.82. The fraction of sp³-hybridized carbons (Fsp3) is 0.300. The number of carbonyl (C=O) groups excluding carboxylic acids is 2. The van der Waals surface area contributed by atoms with E-state index in [1.165, 1.54) is 0 Å². The number of nitrogens with zero attached hydrogens (tertiary/aromatic N) is 1. The van der Waals surface area contributed by atoms with Crippen molar-refractivity contribution in [3.8, 4) is 0 Å². The fourth-order valence-corrected chi connectivity index (χ4v) is 2.72. The summed E-state index contributed by atoms with van der Waals surface area (Å²) in [6.07, 6.45) is 1.18. The predicted molar refractivity (Wildman–Crippen MR) is 99.4 cm³/mol. The van der Waals surface area contributed by atoms with Crippen molar-refractivity contribution in [3.63, 3.8) is 0 Å². The minimum absolute atomic E-state index is 0.196. The Morgan fingerprint density at radius 1 is 0.960 bits per heavy atom. The molecule has 2 N–H and O–H groups in total. The van der Waals surface area contributed by atoms with Gasteiger partial charge < -0.3 is 15.5 Å². The molecule has 0 aromatic heterocycles. The van der Waals surface area contributed by atoms with Crippen molar-refractivity contribution < 1.29 is 9.59 Å². The molecule has 1 aliphatic carbocycles. The topological polar surface area (TPSA) is 61.4 Å². The van der Waals surface area contributed by atoms with Gasteiger partial charge in [0.15, 0.2) is 0 Å². The predicted octanol–water partition coefficient (Wildman–Crippen LogP) is 2.79. The molecule has 5 heteroatoms. The Bertz CT molecular complexity index is 750. The van der Waals surface area contributed by atoms with Gasteiger partial charge in [-0.3, -0.25) is 9.59 Å². The Morgan fingerprint density at radius 3 is 2.16 bits per heavy atom. The van der Waals surface area contributed by atoms with Crippen molar-refractivity contribution in [1.82, 2.24) is 5.32 Å². The van der Waals surface area contributed by atoms with Gasteiger partial charge in [-0.05, 0) is 42.7 Å². The Labute approximate surface area is 148 Å². The summed E-state index contributed by atoms with van der Waals surface area (Å²) >= 11 is 0. The normalized spacial score (nSPS) is 14.5. The van der Waals surface area contributed by atoms with Crippen LogP contribution in [0.3, 0.4) is 0 Å². The summed E-state index contributed by atoms with van der Waals surface area (Å²) in [5.41, 5.74) is 1.86. The van der Waals surface area contributed by atoms with E-state index < -0.39 is 5.41 Å². The molecule has 1 fully saturated rings. The summed E-state index contributed by atoms with van der Waals surface area (Å²) in [5.74, 6) is -0.422. The summed E-state index contributed by atoms with van der Waals surface area (Å²) in [7, 11) is 3.92. The number of hydrogen-bond donors (Lipinski definition) is 2. The van der Waals surface area contributed by atoms with Crippen molar-refractivity contribution in [2.24, 2.45) is 5.41 Å². The smallest absolute Gasteiger partial charge is 0.240 e. The molecule has 25 heavy (non-hydrogen) atoms. The summed E-state index contributed by atoms with van der Waals surface area (Å²) in [5, 5.41) is 5.76. The Morgan fingerprint density at radius 2 is 1.60 bits per heavy atom. The lowest BCUT2D eigenvalue weighted by Gasteiger charge is -2.17. The van der Waals surface area contributed by atoms with E-state index in [0.717, 1.165) is 11.3 Å². The molecule has 0 bridgehead atoms. The fourth-order valence-electron chi connectivity index (χ4n) is 2.72. The maximum absolute atomic E-state index is 12.6. The van der Waals surface area contributed by atoms with Crippen molar-refractivity contribution in [2.45, 2.75) is 19.4 Å². The van der Waals surface area contributed by atoms with E-state index in [0.29, 0.717) is 25.1 Å². The molecule has 2 aromatic rings. The van der Waals surface area contributed by atoms with Crippen LogP contribution >= 0.6 is 0 Å². The first-order chi connectivity index (χ1) is 12.0. The molecular formula is C20H23N3O2. The van der Waals surface area contributed by atoms with Crippen LogP contribution in [0, 0.1) is 5.41 Å². The first-order valence-corrected chi connectivity index (χ1v) is 8.42. The number of amides is 2. The summed E-state index contributed by atoms with van der Waals surface area (Å²) in [6.45, 7) is 0.437. The minimum atomic E-state index is -0.922. The third-order valence-electron chi connectivity index (χ3n) is 4.56. The summed E-state index contributed by atoms with van der Waals surface area (Å²) in [6, 6.07) is 17.3. The van der Waals surface area contributed by atoms with Crippen LogP contribution in [0.1, 0.15) is 18.4 Å². The standard InChI is InChI=1S/C20H23N3O2/c1-23(2)17-10-8-16(9-11-17)22-19(25)20(12-13-20)18(24)21-14-15-6-4-3-5-7-15/h3-11H,12-14H2,1-2H3,(H,21,24)(H,22,25). The maximum Gasteiger partial charge on any atom is 0.240 e. The lowest BCUT2D eigenvalue weighted by atomic mass is 10.0. The molecule has 0 heterocycles. The van der Waals surface area contributed by atoms with Crippen LogP contribution in [0.15, 0.2) is 54.6 Å². The molecule has 0 atom stereocenters. The van der Waals surface area contributed by atoms with Gasteiger partial charge in [-0.1, -0.05) is 30.3 Å². The lowest BCUT2D eigenvalue weighted by molar-refractivity contribution is -0.134. The second-order valence-electron chi connectivity index (χ2n) is 6.65. The molecule has 2 amide bonds. The number of carbonyl (C=O) groups is 2. The van der Waals surface area contributed by atoms with E-state index in [1.54, 1.807) is 0 Å². The number of hydrogen-bond acceptors (Lipinski definition) is 3. The highest BCUT2D eigenvalue weighted by Gasteiger charge is 2.56. The van der Waals surface area contributed by atoms with Crippen LogP contribution < -0.4 is 15.5 Å². The van der Waals surface area contributed by atoms with E-state index in [-0.39, 0.29) is 11.8 Å². The van der Waals surface area contributed by atoms with Crippen LogP contribution in [0.2, 0.25) is 0 Å². The van der Waals surface area contributed by atoms with Gasteiger partial charge in [0, 0.05) is 32.0 Å². The highest BCUT2D eigenvalue weighted by Crippen LogP contribution is 2.46. The van der Waals surface area contributed by atoms with Gasteiger partial charge in [-0.25, -0.2) is 0 Å². The van der Waals surface area contributed by atoms with Gasteiger partial charge in [0.1, 0.15) is 5.41 Å². The second-order valence-corrected chi connectivity index (χ2v) is 6.65.